The standard InChI is InChI=1S/C108H101BN4O/c1-103(2,3)72-37-31-36-68(52-72)71-55-95(100-82-40-27-30-43-98(82)114-99(100)58-71)112-93-64-78(111-91-50-44-73(104(4,5)6)60-85(91)86-61-74(105(7,8)9)45-51-92(86)111)46-48-87(93)109-88-49-47-79(110-89-41-28-25-38-80(89)81-39-26-29-42-90(81)110)65-94(88)113(97-57-70(56-96(112)101(97)109)69-53-75(106(10,11)12)59-76(54-69)107(13,14)15)102-83(66-32-21-19-22-33-66)62-77(108(16,17)18)63-84(102)67-34-23-20-24-35-67/h19-65H,1-18H3/i25D,26D,28D,29D,38D,39D,41D,42D. The van der Waals surface area contributed by atoms with E-state index in [1.54, 1.807) is 4.57 Å². The molecule has 0 amide bonds. The van der Waals surface area contributed by atoms with E-state index >= 15 is 0 Å². The van der Waals surface area contributed by atoms with Gasteiger partial charge >= 0.3 is 0 Å². The van der Waals surface area contributed by atoms with Crippen LogP contribution in [0.25, 0.3) is 121 Å². The van der Waals surface area contributed by atoms with Crippen LogP contribution in [0.5, 0.6) is 0 Å². The lowest BCUT2D eigenvalue weighted by molar-refractivity contribution is 0.569. The van der Waals surface area contributed by atoms with E-state index in [9.17, 15) is 11.0 Å². The molecule has 0 unspecified atom stereocenters. The fourth-order valence-corrected chi connectivity index (χ4v) is 17.8. The smallest absolute Gasteiger partial charge is 0.252 e. The van der Waals surface area contributed by atoms with Crippen LogP contribution in [0.2, 0.25) is 0 Å². The quantitative estimate of drug-likeness (QED) is 0.142. The number of rotatable bonds is 8. The summed E-state index contributed by atoms with van der Waals surface area (Å²) >= 11 is 0. The highest BCUT2D eigenvalue weighted by atomic mass is 16.3. The van der Waals surface area contributed by atoms with Gasteiger partial charge in [-0.2, -0.15) is 0 Å². The molecule has 562 valence electrons. The van der Waals surface area contributed by atoms with Gasteiger partial charge in [-0.15, -0.1) is 0 Å². The second-order valence-corrected chi connectivity index (χ2v) is 38.1. The molecule has 0 radical (unpaired) electrons. The van der Waals surface area contributed by atoms with Gasteiger partial charge in [-0.05, 0) is 219 Å². The minimum Gasteiger partial charge on any atom is -0.456 e. The average molecular weight is 1490 g/mol. The van der Waals surface area contributed by atoms with Gasteiger partial charge in [-0.1, -0.05) is 306 Å². The monoisotopic (exact) mass is 1490 g/mol. The van der Waals surface area contributed by atoms with Crippen LogP contribution in [0.4, 0.5) is 34.1 Å². The van der Waals surface area contributed by atoms with Gasteiger partial charge in [-0.25, -0.2) is 0 Å². The van der Waals surface area contributed by atoms with Crippen LogP contribution in [0.1, 0.15) is 169 Å². The largest absolute Gasteiger partial charge is 0.456 e. The van der Waals surface area contributed by atoms with Crippen LogP contribution in [-0.4, -0.2) is 15.8 Å². The normalized spacial score (nSPS) is 14.5. The van der Waals surface area contributed by atoms with Crippen LogP contribution < -0.4 is 26.2 Å². The molecule has 0 atom stereocenters. The van der Waals surface area contributed by atoms with Crippen molar-refractivity contribution in [2.45, 2.75) is 157 Å². The summed E-state index contributed by atoms with van der Waals surface area (Å²) in [6, 6.07) is 84.2. The van der Waals surface area contributed by atoms with Gasteiger partial charge in [0.2, 0.25) is 0 Å². The number of aromatic nitrogens is 2. The molecular formula is C108H101BN4O. The molecule has 5 nitrogen and oxygen atoms in total. The Hall–Kier alpha value is -11.9. The van der Waals surface area contributed by atoms with Crippen LogP contribution in [0.3, 0.4) is 0 Å². The zero-order chi connectivity index (χ0) is 86.2. The topological polar surface area (TPSA) is 29.5 Å². The third-order valence-electron chi connectivity index (χ3n) is 24.2. The van der Waals surface area contributed by atoms with Crippen molar-refractivity contribution in [3.8, 4) is 55.9 Å². The number of benzene rings is 14. The number of anilines is 6. The molecule has 0 saturated heterocycles. The van der Waals surface area contributed by atoms with E-state index in [1.807, 2.05) is 6.07 Å². The first-order valence-corrected chi connectivity index (χ1v) is 40.3. The summed E-state index contributed by atoms with van der Waals surface area (Å²) in [5.74, 6) is 0. The summed E-state index contributed by atoms with van der Waals surface area (Å²) in [5.41, 5.74) is 27.1. The van der Waals surface area contributed by atoms with E-state index in [0.29, 0.717) is 5.69 Å². The Labute approximate surface area is 684 Å². The maximum absolute atomic E-state index is 10.0. The molecule has 114 heavy (non-hydrogen) atoms. The molecule has 0 fully saturated rings. The first-order chi connectivity index (χ1) is 57.6. The summed E-state index contributed by atoms with van der Waals surface area (Å²) in [4.78, 5) is 5.06. The summed E-state index contributed by atoms with van der Waals surface area (Å²) in [7, 11) is 0. The molecule has 19 rings (SSSR count). The Kier molecular flexibility index (Phi) is 14.4. The van der Waals surface area contributed by atoms with E-state index in [2.05, 4.69) is 370 Å². The highest BCUT2D eigenvalue weighted by molar-refractivity contribution is 7.00. The fourth-order valence-electron chi connectivity index (χ4n) is 17.8. The molecule has 2 aliphatic heterocycles. The van der Waals surface area contributed by atoms with Gasteiger partial charge in [0, 0.05) is 72.2 Å². The molecule has 0 N–H and O–H groups in total. The van der Waals surface area contributed by atoms with Gasteiger partial charge < -0.3 is 23.4 Å². The van der Waals surface area contributed by atoms with Crippen molar-refractivity contribution in [2.24, 2.45) is 0 Å². The minimum absolute atomic E-state index is 0.00457. The SMILES string of the molecule is [2H]c1c([2H])c([2H])c2c(c1[2H])c1c([2H])c([2H])c([2H])c([2H])c1n2-c1ccc2c(c1)N(c1c(-c3ccccc3)cc(C(C)(C)C)cc1-c1ccccc1)c1cc(-c3cc(C(C)(C)C)cc(C(C)(C)C)c3)cc3c1B2c1ccc(-n2c4ccc(C(C)(C)C)cc4c4cc(C(C)(C)C)ccc42)cc1N3c1cc(-c2cccc(C(C)(C)C)c2)cc2oc3ccccc3c12. The average Bonchev–Trinajstić information content (AvgIpc) is 1.46. The summed E-state index contributed by atoms with van der Waals surface area (Å²) in [6.45, 7) is 40.6. The Bertz CT molecular complexity index is 7070. The molecular weight excluding hydrogens is 1380 g/mol. The van der Waals surface area contributed by atoms with Crippen LogP contribution in [0, 0.1) is 0 Å². The Balaban J connectivity index is 1.04. The molecule has 0 spiro atoms. The van der Waals surface area contributed by atoms with E-state index in [1.165, 1.54) is 38.6 Å². The van der Waals surface area contributed by atoms with Crippen LogP contribution >= 0.6 is 0 Å². The molecule has 2 aliphatic rings. The third kappa shape index (κ3) is 11.9. The second-order valence-electron chi connectivity index (χ2n) is 38.1. The van der Waals surface area contributed by atoms with Gasteiger partial charge in [0.15, 0.2) is 0 Å². The molecule has 0 aliphatic carbocycles. The lowest BCUT2D eigenvalue weighted by atomic mass is 9.33. The lowest BCUT2D eigenvalue weighted by Crippen LogP contribution is -2.61. The highest BCUT2D eigenvalue weighted by Crippen LogP contribution is 2.56. The van der Waals surface area contributed by atoms with Gasteiger partial charge in [0.25, 0.3) is 6.71 Å². The maximum atomic E-state index is 10.0. The molecule has 0 saturated carbocycles. The second kappa shape index (κ2) is 25.8. The Morgan fingerprint density at radius 1 is 0.281 bits per heavy atom. The minimum atomic E-state index is -0.562. The van der Waals surface area contributed by atoms with Crippen molar-refractivity contribution in [1.82, 2.24) is 9.13 Å². The Morgan fingerprint density at radius 2 is 0.702 bits per heavy atom. The van der Waals surface area contributed by atoms with Crippen molar-refractivity contribution >= 4 is 123 Å². The van der Waals surface area contributed by atoms with Crippen molar-refractivity contribution in [3.63, 3.8) is 0 Å². The van der Waals surface area contributed by atoms with Crippen molar-refractivity contribution < 1.29 is 15.4 Å². The van der Waals surface area contributed by atoms with Gasteiger partial charge in [-0.3, -0.25) is 0 Å². The summed E-state index contributed by atoms with van der Waals surface area (Å²) < 4.78 is 88.2. The van der Waals surface area contributed by atoms with Crippen molar-refractivity contribution in [2.75, 3.05) is 9.80 Å². The van der Waals surface area contributed by atoms with Crippen molar-refractivity contribution in [1.29, 1.82) is 0 Å². The van der Waals surface area contributed by atoms with E-state index in [0.717, 1.165) is 139 Å². The van der Waals surface area contributed by atoms with Gasteiger partial charge in [0.05, 0.1) is 49.8 Å². The third-order valence-corrected chi connectivity index (χ3v) is 24.2. The Morgan fingerprint density at radius 3 is 1.23 bits per heavy atom. The number of furan rings is 1. The molecule has 17 aromatic rings. The predicted molar refractivity (Wildman–Crippen MR) is 490 cm³/mol. The number of nitrogens with zero attached hydrogens (tertiary/aromatic N) is 4. The number of hydrogen-bond donors (Lipinski definition) is 0. The molecule has 5 heterocycles. The van der Waals surface area contributed by atoms with Gasteiger partial charge in [0.1, 0.15) is 11.2 Å². The lowest BCUT2D eigenvalue weighted by Gasteiger charge is -2.46. The number of hydrogen-bond acceptors (Lipinski definition) is 3. The highest BCUT2D eigenvalue weighted by Gasteiger charge is 2.46. The van der Waals surface area contributed by atoms with E-state index in [4.69, 9.17) is 4.42 Å². The molecule has 14 aromatic carbocycles. The number of para-hydroxylation sites is 3. The number of fused-ring (bicyclic) bond motifs is 13. The molecule has 0 bridgehead atoms. The molecule has 3 aromatic heterocycles. The first-order valence-electron chi connectivity index (χ1n) is 44.3. The molecule has 6 heteroatoms. The fraction of sp³-hybridized carbons (Fsp3) is 0.222. The van der Waals surface area contributed by atoms with Crippen molar-refractivity contribution in [3.05, 3.63) is 318 Å². The summed E-state index contributed by atoms with van der Waals surface area (Å²) in [5, 5.41) is 4.27. The van der Waals surface area contributed by atoms with E-state index in [-0.39, 0.29) is 66.4 Å². The summed E-state index contributed by atoms with van der Waals surface area (Å²) in [6.07, 6.45) is 0. The maximum Gasteiger partial charge on any atom is 0.252 e. The van der Waals surface area contributed by atoms with Crippen LogP contribution in [-0.2, 0) is 32.5 Å². The van der Waals surface area contributed by atoms with E-state index < -0.39 is 43.0 Å². The van der Waals surface area contributed by atoms with Crippen LogP contribution in [0.15, 0.2) is 289 Å². The zero-order valence-electron chi connectivity index (χ0n) is 76.8. The predicted octanol–water partition coefficient (Wildman–Crippen LogP) is 28.3. The first kappa shape index (κ1) is 63.6. The zero-order valence-corrected chi connectivity index (χ0v) is 68.8.